The molecule has 0 saturated heterocycles. The van der Waals surface area contributed by atoms with Crippen LogP contribution in [0.5, 0.6) is 11.5 Å². The monoisotopic (exact) mass is 413 g/mol. The topological polar surface area (TPSA) is 76.8 Å². The molecule has 1 aromatic heterocycles. The fourth-order valence-corrected chi connectivity index (χ4v) is 3.53. The number of nitrogens with zero attached hydrogens (tertiary/aromatic N) is 3. The summed E-state index contributed by atoms with van der Waals surface area (Å²) in [6.45, 7) is 3.57. The number of carbonyl (C=O) groups excluding carboxylic acids is 1. The van der Waals surface area contributed by atoms with Crippen molar-refractivity contribution >= 4 is 23.2 Å². The van der Waals surface area contributed by atoms with Gasteiger partial charge in [-0.15, -0.1) is 0 Å². The summed E-state index contributed by atoms with van der Waals surface area (Å²) in [6.07, 6.45) is -0.806. The molecule has 3 aromatic rings. The number of amides is 1. The summed E-state index contributed by atoms with van der Waals surface area (Å²) in [5.74, 6) is 1.08. The van der Waals surface area contributed by atoms with Crippen LogP contribution in [-0.2, 0) is 0 Å². The SMILES string of the molecule is Cc1nn(-c2cccc(C(=O)N(C)c3ccc4c(c3)OCO4)c2)c(C(C)O)c1Cl. The van der Waals surface area contributed by atoms with Crippen molar-refractivity contribution in [2.75, 3.05) is 18.7 Å². The molecule has 0 aliphatic carbocycles. The van der Waals surface area contributed by atoms with E-state index in [0.29, 0.717) is 44.8 Å². The van der Waals surface area contributed by atoms with E-state index in [1.807, 2.05) is 6.07 Å². The summed E-state index contributed by atoms with van der Waals surface area (Å²) in [5, 5.41) is 14.9. The van der Waals surface area contributed by atoms with Gasteiger partial charge in [0.2, 0.25) is 6.79 Å². The molecule has 1 amide bonds. The third-order valence-electron chi connectivity index (χ3n) is 4.80. The maximum Gasteiger partial charge on any atom is 0.258 e. The number of hydrogen-bond acceptors (Lipinski definition) is 5. The van der Waals surface area contributed by atoms with E-state index in [1.54, 1.807) is 62.0 Å². The predicted molar refractivity (Wildman–Crippen MR) is 109 cm³/mol. The highest BCUT2D eigenvalue weighted by Gasteiger charge is 2.21. The highest BCUT2D eigenvalue weighted by Crippen LogP contribution is 2.35. The molecule has 0 bridgehead atoms. The zero-order valence-corrected chi connectivity index (χ0v) is 17.0. The summed E-state index contributed by atoms with van der Waals surface area (Å²) in [4.78, 5) is 14.6. The molecule has 0 saturated carbocycles. The summed E-state index contributed by atoms with van der Waals surface area (Å²) >= 11 is 6.30. The zero-order valence-electron chi connectivity index (χ0n) is 16.2. The van der Waals surface area contributed by atoms with Crippen LogP contribution in [0.3, 0.4) is 0 Å². The largest absolute Gasteiger partial charge is 0.454 e. The van der Waals surface area contributed by atoms with Crippen LogP contribution in [-0.4, -0.2) is 34.6 Å². The van der Waals surface area contributed by atoms with E-state index >= 15 is 0 Å². The Morgan fingerprint density at radius 1 is 1.24 bits per heavy atom. The zero-order chi connectivity index (χ0) is 20.7. The van der Waals surface area contributed by atoms with E-state index in [1.165, 1.54) is 4.90 Å². The van der Waals surface area contributed by atoms with Gasteiger partial charge in [-0.25, -0.2) is 4.68 Å². The molecule has 2 aromatic carbocycles. The predicted octanol–water partition coefficient (Wildman–Crippen LogP) is 3.89. The van der Waals surface area contributed by atoms with Gasteiger partial charge in [-0.1, -0.05) is 17.7 Å². The number of fused-ring (bicyclic) bond motifs is 1. The standard InChI is InChI=1S/C21H20ClN3O4/c1-12-19(22)20(13(2)26)25(23-12)16-6-4-5-14(9-16)21(27)24(3)15-7-8-17-18(10-15)29-11-28-17/h4-10,13,26H,11H2,1-3H3. The van der Waals surface area contributed by atoms with Gasteiger partial charge in [-0.2, -0.15) is 5.10 Å². The number of anilines is 1. The van der Waals surface area contributed by atoms with Crippen molar-refractivity contribution < 1.29 is 19.4 Å². The van der Waals surface area contributed by atoms with Crippen LogP contribution in [0.2, 0.25) is 5.02 Å². The van der Waals surface area contributed by atoms with Crippen LogP contribution in [0.15, 0.2) is 42.5 Å². The van der Waals surface area contributed by atoms with Gasteiger partial charge in [-0.05, 0) is 44.2 Å². The van der Waals surface area contributed by atoms with Crippen molar-refractivity contribution in [1.82, 2.24) is 9.78 Å². The van der Waals surface area contributed by atoms with Crippen LogP contribution < -0.4 is 14.4 Å². The summed E-state index contributed by atoms with van der Waals surface area (Å²) in [5.41, 5.74) is 2.89. The van der Waals surface area contributed by atoms with Gasteiger partial charge in [0.15, 0.2) is 11.5 Å². The van der Waals surface area contributed by atoms with Crippen molar-refractivity contribution in [2.24, 2.45) is 0 Å². The molecule has 1 N–H and O–H groups in total. The van der Waals surface area contributed by atoms with Crippen LogP contribution in [0.25, 0.3) is 5.69 Å². The lowest BCUT2D eigenvalue weighted by atomic mass is 10.1. The maximum atomic E-state index is 13.1. The van der Waals surface area contributed by atoms with Gasteiger partial charge >= 0.3 is 0 Å². The number of halogens is 1. The molecule has 1 aliphatic rings. The van der Waals surface area contributed by atoms with Crippen molar-refractivity contribution in [3.63, 3.8) is 0 Å². The van der Waals surface area contributed by atoms with Crippen LogP contribution in [0.4, 0.5) is 5.69 Å². The molecular weight excluding hydrogens is 394 g/mol. The quantitative estimate of drug-likeness (QED) is 0.702. The Bertz CT molecular complexity index is 1090. The lowest BCUT2D eigenvalue weighted by Crippen LogP contribution is -2.26. The summed E-state index contributed by atoms with van der Waals surface area (Å²) in [6, 6.07) is 12.4. The third kappa shape index (κ3) is 3.43. The molecule has 1 aliphatic heterocycles. The number of carbonyl (C=O) groups is 1. The maximum absolute atomic E-state index is 13.1. The highest BCUT2D eigenvalue weighted by atomic mass is 35.5. The first-order valence-corrected chi connectivity index (χ1v) is 9.46. The number of aliphatic hydroxyl groups excluding tert-OH is 1. The average Bonchev–Trinajstić information content (AvgIpc) is 3.30. The van der Waals surface area contributed by atoms with Gasteiger partial charge in [-0.3, -0.25) is 4.79 Å². The average molecular weight is 414 g/mol. The lowest BCUT2D eigenvalue weighted by molar-refractivity contribution is 0.0993. The molecule has 1 atom stereocenters. The Morgan fingerprint density at radius 2 is 2.00 bits per heavy atom. The molecule has 1 unspecified atom stereocenters. The van der Waals surface area contributed by atoms with Crippen LogP contribution >= 0.6 is 11.6 Å². The van der Waals surface area contributed by atoms with Gasteiger partial charge in [0.25, 0.3) is 5.91 Å². The van der Waals surface area contributed by atoms with Crippen molar-refractivity contribution in [3.05, 3.63) is 64.4 Å². The second-order valence-corrected chi connectivity index (χ2v) is 7.20. The Morgan fingerprint density at radius 3 is 2.76 bits per heavy atom. The first kappa shape index (κ1) is 19.3. The lowest BCUT2D eigenvalue weighted by Gasteiger charge is -2.18. The summed E-state index contributed by atoms with van der Waals surface area (Å²) < 4.78 is 12.3. The molecule has 0 fully saturated rings. The Hall–Kier alpha value is -3.03. The molecule has 4 rings (SSSR count). The molecule has 8 heteroatoms. The first-order valence-electron chi connectivity index (χ1n) is 9.08. The number of benzene rings is 2. The highest BCUT2D eigenvalue weighted by molar-refractivity contribution is 6.32. The number of hydrogen-bond donors (Lipinski definition) is 1. The van der Waals surface area contributed by atoms with E-state index in [0.717, 1.165) is 0 Å². The van der Waals surface area contributed by atoms with Crippen molar-refractivity contribution in [3.8, 4) is 17.2 Å². The van der Waals surface area contributed by atoms with Gasteiger partial charge in [0.1, 0.15) is 0 Å². The van der Waals surface area contributed by atoms with E-state index < -0.39 is 6.10 Å². The number of rotatable bonds is 4. The third-order valence-corrected chi connectivity index (χ3v) is 5.27. The molecule has 2 heterocycles. The van der Waals surface area contributed by atoms with Crippen molar-refractivity contribution in [2.45, 2.75) is 20.0 Å². The Labute approximate surface area is 173 Å². The molecule has 0 spiro atoms. The number of aliphatic hydroxyl groups is 1. The van der Waals surface area contributed by atoms with Crippen LogP contribution in [0.1, 0.15) is 34.8 Å². The fourth-order valence-electron chi connectivity index (χ4n) is 3.26. The number of aryl methyl sites for hydroxylation is 1. The molecule has 29 heavy (non-hydrogen) atoms. The minimum atomic E-state index is -0.806. The second-order valence-electron chi connectivity index (χ2n) is 6.82. The Balaban J connectivity index is 1.67. The van der Waals surface area contributed by atoms with Gasteiger partial charge in [0, 0.05) is 24.4 Å². The molecule has 7 nitrogen and oxygen atoms in total. The minimum absolute atomic E-state index is 0.177. The molecule has 0 radical (unpaired) electrons. The molecular formula is C21H20ClN3O4. The van der Waals surface area contributed by atoms with E-state index in [-0.39, 0.29) is 12.7 Å². The smallest absolute Gasteiger partial charge is 0.258 e. The second kappa shape index (κ2) is 7.42. The number of aromatic nitrogens is 2. The van der Waals surface area contributed by atoms with Gasteiger partial charge in [0.05, 0.1) is 28.2 Å². The number of ether oxygens (including phenoxy) is 2. The first-order chi connectivity index (χ1) is 13.9. The van der Waals surface area contributed by atoms with E-state index in [9.17, 15) is 9.90 Å². The Kier molecular flexibility index (Phi) is 4.94. The van der Waals surface area contributed by atoms with E-state index in [4.69, 9.17) is 21.1 Å². The van der Waals surface area contributed by atoms with Crippen LogP contribution in [0, 0.1) is 6.92 Å². The van der Waals surface area contributed by atoms with Crippen molar-refractivity contribution in [1.29, 1.82) is 0 Å². The molecule has 150 valence electrons. The van der Waals surface area contributed by atoms with E-state index in [2.05, 4.69) is 5.10 Å². The summed E-state index contributed by atoms with van der Waals surface area (Å²) in [7, 11) is 1.70. The minimum Gasteiger partial charge on any atom is -0.454 e. The van der Waals surface area contributed by atoms with Gasteiger partial charge < -0.3 is 19.5 Å². The normalized spacial score (nSPS) is 13.4. The fraction of sp³-hybridized carbons (Fsp3) is 0.238.